The molecule has 1 N–H and O–H groups in total. The first-order valence-corrected chi connectivity index (χ1v) is 10.3. The Balaban J connectivity index is 2.92. The molecule has 0 radical (unpaired) electrons. The van der Waals surface area contributed by atoms with Gasteiger partial charge in [-0.15, -0.1) is 0 Å². The molecule has 1 atom stereocenters. The first kappa shape index (κ1) is 24.3. The van der Waals surface area contributed by atoms with Crippen LogP contribution in [0, 0.1) is 12.1 Å². The lowest BCUT2D eigenvalue weighted by Crippen LogP contribution is -2.40. The molecule has 1 amide bonds. The van der Waals surface area contributed by atoms with E-state index in [9.17, 15) is 18.0 Å². The number of amides is 1. The number of carbonyl (C=O) groups excluding carboxylic acids is 2. The molecule has 0 aliphatic carbocycles. The molecule has 0 saturated heterocycles. The summed E-state index contributed by atoms with van der Waals surface area (Å²) < 4.78 is 39.5. The van der Waals surface area contributed by atoms with Crippen molar-refractivity contribution >= 4 is 22.2 Å². The van der Waals surface area contributed by atoms with E-state index in [0.717, 1.165) is 11.5 Å². The van der Waals surface area contributed by atoms with Crippen LogP contribution in [0.3, 0.4) is 0 Å². The number of hydrogen-bond acceptors (Lipinski definition) is 7. The summed E-state index contributed by atoms with van der Waals surface area (Å²) in [4.78, 5) is 24.2. The zero-order valence-corrected chi connectivity index (χ0v) is 18.3. The van der Waals surface area contributed by atoms with Crippen molar-refractivity contribution in [3.63, 3.8) is 0 Å². The monoisotopic (exact) mass is 425 g/mol. The van der Waals surface area contributed by atoms with Gasteiger partial charge in [-0.3, -0.25) is 4.79 Å². The topological polar surface area (TPSA) is 108 Å². The average molecular weight is 426 g/mol. The van der Waals surface area contributed by atoms with E-state index in [1.807, 2.05) is 0 Å². The predicted molar refractivity (Wildman–Crippen MR) is 106 cm³/mol. The van der Waals surface area contributed by atoms with Crippen molar-refractivity contribution < 1.29 is 31.7 Å². The molecule has 1 unspecified atom stereocenters. The maximum atomic E-state index is 12.1. The highest BCUT2D eigenvalue weighted by molar-refractivity contribution is 7.90. The Bertz CT molecular complexity index is 789. The molecule has 0 aliphatic rings. The van der Waals surface area contributed by atoms with Gasteiger partial charge in [-0.25, -0.2) is 4.79 Å². The summed E-state index contributed by atoms with van der Waals surface area (Å²) in [6.07, 6.45) is 0.0175. The van der Waals surface area contributed by atoms with Crippen molar-refractivity contribution in [2.45, 2.75) is 65.2 Å². The molecule has 0 heterocycles. The number of carbonyl (C=O) groups is 2. The Kier molecular flexibility index (Phi) is 8.09. The summed E-state index contributed by atoms with van der Waals surface area (Å²) in [5.74, 6) is -0.659. The SMILES string of the molecule is CC(C)(C)OC(=O)CC(C=CS(=O)(=O)Oc1c#cccc1)NC(=O)OC(C)(C)C. The zero-order valence-electron chi connectivity index (χ0n) is 17.4. The molecule has 0 spiro atoms. The summed E-state index contributed by atoms with van der Waals surface area (Å²) >= 11 is 0. The molecule has 9 heteroatoms. The number of ether oxygens (including phenoxy) is 2. The van der Waals surface area contributed by atoms with Gasteiger partial charge in [0.15, 0.2) is 5.75 Å². The van der Waals surface area contributed by atoms with Crippen LogP contribution in [0.2, 0.25) is 0 Å². The van der Waals surface area contributed by atoms with Crippen molar-refractivity contribution in [2.24, 2.45) is 0 Å². The van der Waals surface area contributed by atoms with Crippen LogP contribution in [0.15, 0.2) is 29.7 Å². The third kappa shape index (κ3) is 11.7. The Morgan fingerprint density at radius 1 is 1.14 bits per heavy atom. The quantitative estimate of drug-likeness (QED) is 0.528. The van der Waals surface area contributed by atoms with E-state index in [0.29, 0.717) is 0 Å². The van der Waals surface area contributed by atoms with E-state index >= 15 is 0 Å². The Hall–Kier alpha value is -2.73. The molecule has 1 aromatic carbocycles. The first-order valence-electron chi connectivity index (χ1n) is 8.88. The lowest BCUT2D eigenvalue weighted by atomic mass is 10.1. The van der Waals surface area contributed by atoms with E-state index in [1.165, 1.54) is 12.1 Å². The van der Waals surface area contributed by atoms with Crippen LogP contribution in [0.1, 0.15) is 48.0 Å². The molecule has 0 aromatic heterocycles. The van der Waals surface area contributed by atoms with Gasteiger partial charge in [0, 0.05) is 0 Å². The van der Waals surface area contributed by atoms with Crippen molar-refractivity contribution in [3.05, 3.63) is 41.8 Å². The zero-order chi connectivity index (χ0) is 22.3. The second kappa shape index (κ2) is 9.65. The molecule has 1 aromatic rings. The molecule has 1 rings (SSSR count). The van der Waals surface area contributed by atoms with E-state index in [2.05, 4.69) is 17.4 Å². The van der Waals surface area contributed by atoms with Crippen molar-refractivity contribution in [1.82, 2.24) is 5.32 Å². The Labute approximate surface area is 172 Å². The van der Waals surface area contributed by atoms with Crippen molar-refractivity contribution in [1.29, 1.82) is 0 Å². The number of alkyl carbamates (subject to hydrolysis) is 1. The summed E-state index contributed by atoms with van der Waals surface area (Å²) in [7, 11) is -4.15. The first-order chi connectivity index (χ1) is 13.2. The van der Waals surface area contributed by atoms with Crippen LogP contribution in [0.4, 0.5) is 4.79 Å². The van der Waals surface area contributed by atoms with Crippen LogP contribution in [-0.2, 0) is 24.4 Å². The molecule has 0 fully saturated rings. The molecular formula is C20H27NO7S. The van der Waals surface area contributed by atoms with Crippen LogP contribution in [-0.4, -0.2) is 37.7 Å². The van der Waals surface area contributed by atoms with E-state index in [1.54, 1.807) is 47.6 Å². The molecule has 0 saturated carbocycles. The highest BCUT2D eigenvalue weighted by Crippen LogP contribution is 2.13. The van der Waals surface area contributed by atoms with Gasteiger partial charge in [0.25, 0.3) is 0 Å². The van der Waals surface area contributed by atoms with E-state index in [-0.39, 0.29) is 12.2 Å². The van der Waals surface area contributed by atoms with Gasteiger partial charge in [-0.1, -0.05) is 6.07 Å². The van der Waals surface area contributed by atoms with Crippen LogP contribution in [0.25, 0.3) is 0 Å². The lowest BCUT2D eigenvalue weighted by molar-refractivity contribution is -0.155. The minimum atomic E-state index is -4.15. The second-order valence-corrected chi connectivity index (χ2v) is 9.53. The number of nitrogens with one attached hydrogen (secondary N) is 1. The fourth-order valence-corrected chi connectivity index (χ4v) is 2.70. The normalized spacial score (nSPS) is 13.3. The van der Waals surface area contributed by atoms with Gasteiger partial charge in [0.1, 0.15) is 11.2 Å². The molecule has 160 valence electrons. The largest absolute Gasteiger partial charge is 0.460 e. The Morgan fingerprint density at radius 2 is 1.76 bits per heavy atom. The average Bonchev–Trinajstić information content (AvgIpc) is 2.49. The summed E-state index contributed by atoms with van der Waals surface area (Å²) in [5, 5.41) is 3.19. The highest BCUT2D eigenvalue weighted by Gasteiger charge is 2.23. The van der Waals surface area contributed by atoms with Crippen LogP contribution < -0.4 is 9.50 Å². The predicted octanol–water partition coefficient (Wildman–Crippen LogP) is 3.13. The molecule has 29 heavy (non-hydrogen) atoms. The van der Waals surface area contributed by atoms with Crippen LogP contribution in [0.5, 0.6) is 5.75 Å². The van der Waals surface area contributed by atoms with Crippen LogP contribution >= 0.6 is 0 Å². The van der Waals surface area contributed by atoms with Gasteiger partial charge in [0.05, 0.1) is 17.9 Å². The van der Waals surface area contributed by atoms with Crippen molar-refractivity contribution in [3.8, 4) is 5.75 Å². The maximum absolute atomic E-state index is 12.1. The van der Waals surface area contributed by atoms with E-state index in [4.69, 9.17) is 13.7 Å². The van der Waals surface area contributed by atoms with Crippen molar-refractivity contribution in [2.75, 3.05) is 0 Å². The van der Waals surface area contributed by atoms with Gasteiger partial charge in [0.2, 0.25) is 0 Å². The van der Waals surface area contributed by atoms with Gasteiger partial charge >= 0.3 is 22.2 Å². The molecule has 0 aliphatic heterocycles. The number of esters is 1. The molecule has 0 bridgehead atoms. The Morgan fingerprint density at radius 3 is 2.28 bits per heavy atom. The number of hydrogen-bond donors (Lipinski definition) is 1. The third-order valence-electron chi connectivity index (χ3n) is 2.81. The van der Waals surface area contributed by atoms with Gasteiger partial charge in [-0.05, 0) is 71.9 Å². The minimum Gasteiger partial charge on any atom is -0.460 e. The summed E-state index contributed by atoms with van der Waals surface area (Å²) in [6, 6.07) is 8.56. The van der Waals surface area contributed by atoms with Gasteiger partial charge < -0.3 is 19.0 Å². The third-order valence-corrected chi connectivity index (χ3v) is 3.72. The lowest BCUT2D eigenvalue weighted by Gasteiger charge is -2.23. The minimum absolute atomic E-state index is 0.0408. The highest BCUT2D eigenvalue weighted by atomic mass is 32.2. The smallest absolute Gasteiger partial charge is 0.408 e. The van der Waals surface area contributed by atoms with E-state index < -0.39 is 39.4 Å². The standard InChI is InChI=1S/C20H27NO7S/c1-19(2,3)26-17(22)14-15(21-18(23)27-20(4,5)6)12-13-29(24,25)28-16-10-8-7-9-11-16/h7-8,10,12-13,15H,14H2,1-6H3,(H,21,23). The summed E-state index contributed by atoms with van der Waals surface area (Å²) in [6.45, 7) is 10.1. The second-order valence-electron chi connectivity index (χ2n) is 8.11. The maximum Gasteiger partial charge on any atom is 0.408 e. The summed E-state index contributed by atoms with van der Waals surface area (Å²) in [5.41, 5.74) is -1.49. The fraction of sp³-hybridized carbons (Fsp3) is 0.500. The molecule has 8 nitrogen and oxygen atoms in total. The van der Waals surface area contributed by atoms with Gasteiger partial charge in [-0.2, -0.15) is 8.42 Å². The number of rotatable bonds is 7. The molecular weight excluding hydrogens is 398 g/mol. The fourth-order valence-electron chi connectivity index (χ4n) is 1.92.